The van der Waals surface area contributed by atoms with Crippen molar-refractivity contribution in [3.63, 3.8) is 0 Å². The fourth-order valence-electron chi connectivity index (χ4n) is 3.57. The molecule has 0 amide bonds. The molecule has 1 N–H and O–H groups in total. The van der Waals surface area contributed by atoms with Crippen LogP contribution in [0.2, 0.25) is 0 Å². The van der Waals surface area contributed by atoms with Crippen molar-refractivity contribution in [3.05, 3.63) is 35.6 Å². The molecular weight excluding hydrogens is 245 g/mol. The second-order valence-corrected chi connectivity index (χ2v) is 5.49. The third-order valence-electron chi connectivity index (χ3n) is 4.45. The third kappa shape index (κ3) is 2.25. The number of methoxy groups -OCH3 is 1. The average molecular weight is 263 g/mol. The lowest BCUT2D eigenvalue weighted by atomic mass is 9.77. The van der Waals surface area contributed by atoms with Crippen LogP contribution in [0.5, 0.6) is 0 Å². The number of ether oxygens (including phenoxy) is 1. The summed E-state index contributed by atoms with van der Waals surface area (Å²) < 4.78 is 18.0. The molecule has 2 bridgehead atoms. The fourth-order valence-corrected chi connectivity index (χ4v) is 3.57. The number of esters is 1. The Hall–Kier alpha value is -1.42. The van der Waals surface area contributed by atoms with E-state index in [-0.39, 0.29) is 29.7 Å². The van der Waals surface area contributed by atoms with Crippen molar-refractivity contribution in [3.8, 4) is 0 Å². The maximum Gasteiger partial charge on any atom is 0.310 e. The monoisotopic (exact) mass is 263 g/mol. The SMILES string of the molecule is COC(=O)[C@H]1[C@@H](c2ccc(F)cc2)CC2CC[C@H]1N2. The summed E-state index contributed by atoms with van der Waals surface area (Å²) in [5, 5.41) is 3.49. The molecule has 2 aliphatic heterocycles. The first-order valence-corrected chi connectivity index (χ1v) is 6.78. The molecule has 0 saturated carbocycles. The van der Waals surface area contributed by atoms with Gasteiger partial charge in [-0.25, -0.2) is 4.39 Å². The topological polar surface area (TPSA) is 38.3 Å². The van der Waals surface area contributed by atoms with E-state index in [9.17, 15) is 9.18 Å². The van der Waals surface area contributed by atoms with Crippen LogP contribution in [0.4, 0.5) is 4.39 Å². The van der Waals surface area contributed by atoms with Crippen molar-refractivity contribution >= 4 is 5.97 Å². The highest BCUT2D eigenvalue weighted by Gasteiger charge is 2.46. The Kier molecular flexibility index (Phi) is 3.27. The van der Waals surface area contributed by atoms with E-state index in [1.54, 1.807) is 12.1 Å². The number of fused-ring (bicyclic) bond motifs is 2. The highest BCUT2D eigenvalue weighted by atomic mass is 19.1. The lowest BCUT2D eigenvalue weighted by Gasteiger charge is -2.36. The van der Waals surface area contributed by atoms with Gasteiger partial charge in [0, 0.05) is 18.0 Å². The van der Waals surface area contributed by atoms with Gasteiger partial charge in [0.15, 0.2) is 0 Å². The van der Waals surface area contributed by atoms with Gasteiger partial charge in [-0.3, -0.25) is 4.79 Å². The van der Waals surface area contributed by atoms with E-state index >= 15 is 0 Å². The molecule has 2 aliphatic rings. The van der Waals surface area contributed by atoms with E-state index in [1.165, 1.54) is 19.2 Å². The minimum atomic E-state index is -0.240. The van der Waals surface area contributed by atoms with Crippen LogP contribution >= 0.6 is 0 Å². The van der Waals surface area contributed by atoms with Gasteiger partial charge in [0.05, 0.1) is 13.0 Å². The molecule has 0 radical (unpaired) electrons. The van der Waals surface area contributed by atoms with E-state index < -0.39 is 0 Å². The molecule has 0 aliphatic carbocycles. The van der Waals surface area contributed by atoms with Gasteiger partial charge < -0.3 is 10.1 Å². The van der Waals surface area contributed by atoms with Gasteiger partial charge in [-0.1, -0.05) is 12.1 Å². The Morgan fingerprint density at radius 1 is 1.32 bits per heavy atom. The molecular formula is C15H18FNO2. The van der Waals surface area contributed by atoms with Crippen molar-refractivity contribution < 1.29 is 13.9 Å². The maximum atomic E-state index is 13.0. The van der Waals surface area contributed by atoms with Gasteiger partial charge in [-0.15, -0.1) is 0 Å². The summed E-state index contributed by atoms with van der Waals surface area (Å²) in [6.45, 7) is 0. The maximum absolute atomic E-state index is 13.0. The van der Waals surface area contributed by atoms with Gasteiger partial charge in [0.2, 0.25) is 0 Å². The van der Waals surface area contributed by atoms with Crippen molar-refractivity contribution in [1.82, 2.24) is 5.32 Å². The minimum Gasteiger partial charge on any atom is -0.469 e. The zero-order valence-electron chi connectivity index (χ0n) is 10.9. The van der Waals surface area contributed by atoms with Crippen molar-refractivity contribution in [2.75, 3.05) is 7.11 Å². The van der Waals surface area contributed by atoms with Crippen molar-refractivity contribution in [2.24, 2.45) is 5.92 Å². The summed E-state index contributed by atoms with van der Waals surface area (Å²) in [6, 6.07) is 7.19. The van der Waals surface area contributed by atoms with Crippen LogP contribution < -0.4 is 5.32 Å². The Morgan fingerprint density at radius 2 is 2.05 bits per heavy atom. The van der Waals surface area contributed by atoms with Crippen molar-refractivity contribution in [2.45, 2.75) is 37.3 Å². The zero-order chi connectivity index (χ0) is 13.4. The molecule has 3 nitrogen and oxygen atoms in total. The molecule has 19 heavy (non-hydrogen) atoms. The first-order chi connectivity index (χ1) is 9.19. The molecule has 2 heterocycles. The predicted molar refractivity (Wildman–Crippen MR) is 69.2 cm³/mol. The summed E-state index contributed by atoms with van der Waals surface area (Å²) in [5.41, 5.74) is 1.04. The van der Waals surface area contributed by atoms with Crippen LogP contribution in [0, 0.1) is 11.7 Å². The van der Waals surface area contributed by atoms with Gasteiger partial charge in [0.1, 0.15) is 5.82 Å². The summed E-state index contributed by atoms with van der Waals surface area (Å²) >= 11 is 0. The normalized spacial score (nSPS) is 33.2. The molecule has 1 aromatic rings. The van der Waals surface area contributed by atoms with Crippen LogP contribution in [0.25, 0.3) is 0 Å². The molecule has 3 rings (SSSR count). The lowest BCUT2D eigenvalue weighted by molar-refractivity contribution is -0.148. The Morgan fingerprint density at radius 3 is 2.74 bits per heavy atom. The standard InChI is InChI=1S/C15H18FNO2/c1-19-15(18)14-12(8-11-6-7-13(14)17-11)9-2-4-10(16)5-3-9/h2-5,11-14,17H,6-8H2,1H3/t11?,12-,13-,14+/m1/s1. The number of piperidine rings is 1. The summed E-state index contributed by atoms with van der Waals surface area (Å²) in [7, 11) is 1.44. The predicted octanol–water partition coefficient (Wildman–Crippen LogP) is 2.22. The van der Waals surface area contributed by atoms with Gasteiger partial charge >= 0.3 is 5.97 Å². The van der Waals surface area contributed by atoms with Gasteiger partial charge in [0.25, 0.3) is 0 Å². The van der Waals surface area contributed by atoms with Crippen LogP contribution in [-0.4, -0.2) is 25.2 Å². The van der Waals surface area contributed by atoms with Crippen LogP contribution in [0.15, 0.2) is 24.3 Å². The number of nitrogens with one attached hydrogen (secondary N) is 1. The molecule has 0 spiro atoms. The van der Waals surface area contributed by atoms with E-state index in [1.807, 2.05) is 0 Å². The summed E-state index contributed by atoms with van der Waals surface area (Å²) in [5.74, 6) is -0.427. The Bertz CT molecular complexity index is 474. The number of rotatable bonds is 2. The number of halogens is 1. The van der Waals surface area contributed by atoms with Gasteiger partial charge in [-0.05, 0) is 37.0 Å². The van der Waals surface area contributed by atoms with Crippen LogP contribution in [0.1, 0.15) is 30.7 Å². The third-order valence-corrected chi connectivity index (χ3v) is 4.45. The van der Waals surface area contributed by atoms with Crippen LogP contribution in [-0.2, 0) is 9.53 Å². The largest absolute Gasteiger partial charge is 0.469 e. The van der Waals surface area contributed by atoms with Crippen LogP contribution in [0.3, 0.4) is 0 Å². The molecule has 1 unspecified atom stereocenters. The Balaban J connectivity index is 1.92. The number of carbonyl (C=O) groups excluding carboxylic acids is 1. The Labute approximate surface area is 112 Å². The smallest absolute Gasteiger partial charge is 0.310 e. The van der Waals surface area contributed by atoms with Gasteiger partial charge in [-0.2, -0.15) is 0 Å². The van der Waals surface area contributed by atoms with E-state index in [0.29, 0.717) is 6.04 Å². The number of benzene rings is 1. The summed E-state index contributed by atoms with van der Waals surface area (Å²) in [6.07, 6.45) is 3.04. The lowest BCUT2D eigenvalue weighted by Crippen LogP contribution is -2.48. The highest BCUT2D eigenvalue weighted by Crippen LogP contribution is 2.42. The molecule has 102 valence electrons. The molecule has 0 aromatic heterocycles. The fraction of sp³-hybridized carbons (Fsp3) is 0.533. The van der Waals surface area contributed by atoms with E-state index in [2.05, 4.69) is 5.32 Å². The molecule has 1 aromatic carbocycles. The number of hydrogen-bond donors (Lipinski definition) is 1. The molecule has 2 saturated heterocycles. The first kappa shape index (κ1) is 12.6. The first-order valence-electron chi connectivity index (χ1n) is 6.78. The van der Waals surface area contributed by atoms with E-state index in [0.717, 1.165) is 24.8 Å². The molecule has 4 atom stereocenters. The quantitative estimate of drug-likeness (QED) is 0.831. The average Bonchev–Trinajstić information content (AvgIpc) is 2.80. The summed E-state index contributed by atoms with van der Waals surface area (Å²) in [4.78, 5) is 12.1. The second-order valence-electron chi connectivity index (χ2n) is 5.49. The van der Waals surface area contributed by atoms with Crippen molar-refractivity contribution in [1.29, 1.82) is 0 Å². The molecule has 2 fully saturated rings. The zero-order valence-corrected chi connectivity index (χ0v) is 10.9. The minimum absolute atomic E-state index is 0.131. The second kappa shape index (κ2) is 4.93. The molecule has 4 heteroatoms. The highest BCUT2D eigenvalue weighted by molar-refractivity contribution is 5.75. The number of hydrogen-bond acceptors (Lipinski definition) is 3. The number of carbonyl (C=O) groups is 1. The van der Waals surface area contributed by atoms with E-state index in [4.69, 9.17) is 4.74 Å².